The van der Waals surface area contributed by atoms with Crippen LogP contribution in [0.5, 0.6) is 17.2 Å². The molecule has 3 aromatic carbocycles. The van der Waals surface area contributed by atoms with E-state index in [1.165, 1.54) is 4.42 Å². The van der Waals surface area contributed by atoms with Gasteiger partial charge in [0.05, 0.1) is 24.1 Å². The van der Waals surface area contributed by atoms with Gasteiger partial charge in [0.2, 0.25) is 0 Å². The molecule has 0 saturated heterocycles. The van der Waals surface area contributed by atoms with Gasteiger partial charge in [-0.05, 0) is 48.6 Å². The number of benzene rings is 3. The van der Waals surface area contributed by atoms with Gasteiger partial charge in [0, 0.05) is 34.2 Å². The van der Waals surface area contributed by atoms with Crippen LogP contribution in [0.2, 0.25) is 5.02 Å². The van der Waals surface area contributed by atoms with E-state index in [1.54, 1.807) is 48.2 Å². The zero-order chi connectivity index (χ0) is 24.9. The SMILES string of the molecule is CSC(CN(Cl)C(=O)c1ccc(Oc2cc3c(cc2Cl)C(C(=O)O)CCO3)cc1)c1ccccc1. The van der Waals surface area contributed by atoms with E-state index in [2.05, 4.69) is 0 Å². The summed E-state index contributed by atoms with van der Waals surface area (Å²) < 4.78 is 12.7. The van der Waals surface area contributed by atoms with Crippen LogP contribution in [0.4, 0.5) is 0 Å². The molecule has 4 rings (SSSR count). The summed E-state index contributed by atoms with van der Waals surface area (Å²) >= 11 is 14.3. The van der Waals surface area contributed by atoms with Crippen molar-refractivity contribution in [3.63, 3.8) is 0 Å². The summed E-state index contributed by atoms with van der Waals surface area (Å²) in [4.78, 5) is 24.4. The molecule has 0 aromatic heterocycles. The summed E-state index contributed by atoms with van der Waals surface area (Å²) in [6.45, 7) is 0.657. The molecule has 1 aliphatic rings. The molecule has 0 spiro atoms. The van der Waals surface area contributed by atoms with Gasteiger partial charge in [-0.1, -0.05) is 41.9 Å². The third-order valence-electron chi connectivity index (χ3n) is 5.73. The van der Waals surface area contributed by atoms with Crippen LogP contribution in [0, 0.1) is 0 Å². The first-order valence-corrected chi connectivity index (χ1v) is 12.9. The molecule has 1 amide bonds. The third-order valence-corrected chi connectivity index (χ3v) is 7.31. The molecule has 3 aromatic rings. The number of rotatable bonds is 8. The first-order chi connectivity index (χ1) is 16.9. The lowest BCUT2D eigenvalue weighted by Gasteiger charge is -2.24. The van der Waals surface area contributed by atoms with Gasteiger partial charge in [0.25, 0.3) is 5.91 Å². The van der Waals surface area contributed by atoms with Crippen molar-refractivity contribution in [3.8, 4) is 17.2 Å². The first-order valence-electron chi connectivity index (χ1n) is 10.9. The predicted molar refractivity (Wildman–Crippen MR) is 138 cm³/mol. The Morgan fingerprint density at radius 3 is 2.54 bits per heavy atom. The Hall–Kier alpha value is -2.87. The lowest BCUT2D eigenvalue weighted by atomic mass is 9.93. The molecule has 2 unspecified atom stereocenters. The highest BCUT2D eigenvalue weighted by Gasteiger charge is 2.29. The number of aliphatic carboxylic acids is 1. The Morgan fingerprint density at radius 2 is 1.89 bits per heavy atom. The zero-order valence-electron chi connectivity index (χ0n) is 18.8. The van der Waals surface area contributed by atoms with Crippen molar-refractivity contribution in [1.29, 1.82) is 0 Å². The molecule has 35 heavy (non-hydrogen) atoms. The maximum atomic E-state index is 12.9. The second-order valence-electron chi connectivity index (χ2n) is 7.96. The number of fused-ring (bicyclic) bond motifs is 1. The maximum Gasteiger partial charge on any atom is 0.311 e. The molecular formula is C26H23Cl2NO5S. The molecule has 9 heteroatoms. The molecule has 0 radical (unpaired) electrons. The number of ether oxygens (including phenoxy) is 2. The Labute approximate surface area is 217 Å². The van der Waals surface area contributed by atoms with E-state index in [9.17, 15) is 14.7 Å². The van der Waals surface area contributed by atoms with Crippen LogP contribution in [0.3, 0.4) is 0 Å². The molecule has 182 valence electrons. The first kappa shape index (κ1) is 25.2. The lowest BCUT2D eigenvalue weighted by Crippen LogP contribution is -2.25. The Morgan fingerprint density at radius 1 is 1.17 bits per heavy atom. The Balaban J connectivity index is 1.44. The normalized spacial score (nSPS) is 15.5. The lowest BCUT2D eigenvalue weighted by molar-refractivity contribution is -0.139. The van der Waals surface area contributed by atoms with Gasteiger partial charge in [0.1, 0.15) is 17.2 Å². The van der Waals surface area contributed by atoms with Gasteiger partial charge >= 0.3 is 5.97 Å². The fourth-order valence-corrected chi connectivity index (χ4v) is 5.12. The van der Waals surface area contributed by atoms with Crippen molar-refractivity contribution in [1.82, 2.24) is 4.42 Å². The van der Waals surface area contributed by atoms with Crippen LogP contribution in [0.25, 0.3) is 0 Å². The minimum Gasteiger partial charge on any atom is -0.493 e. The van der Waals surface area contributed by atoms with Gasteiger partial charge in [-0.3, -0.25) is 9.59 Å². The fourth-order valence-electron chi connectivity index (χ4n) is 3.87. The number of carbonyl (C=O) groups excluding carboxylic acids is 1. The maximum absolute atomic E-state index is 12.9. The quantitative estimate of drug-likeness (QED) is 0.322. The molecule has 2 atom stereocenters. The minimum atomic E-state index is -0.916. The monoisotopic (exact) mass is 531 g/mol. The van der Waals surface area contributed by atoms with Crippen molar-refractivity contribution >= 4 is 47.0 Å². The number of hydrogen-bond acceptors (Lipinski definition) is 5. The highest BCUT2D eigenvalue weighted by atomic mass is 35.5. The van der Waals surface area contributed by atoms with E-state index in [0.29, 0.717) is 47.9 Å². The van der Waals surface area contributed by atoms with Gasteiger partial charge in [-0.25, -0.2) is 4.42 Å². The van der Waals surface area contributed by atoms with Crippen molar-refractivity contribution in [2.75, 3.05) is 19.4 Å². The van der Waals surface area contributed by atoms with Gasteiger partial charge in [0.15, 0.2) is 0 Å². The van der Waals surface area contributed by atoms with Crippen molar-refractivity contribution in [3.05, 3.63) is 88.4 Å². The van der Waals surface area contributed by atoms with Crippen LogP contribution in [0.15, 0.2) is 66.7 Å². The number of halogens is 2. The van der Waals surface area contributed by atoms with Crippen molar-refractivity contribution in [2.45, 2.75) is 17.6 Å². The van der Waals surface area contributed by atoms with Crippen LogP contribution < -0.4 is 9.47 Å². The topological polar surface area (TPSA) is 76.1 Å². The molecule has 1 heterocycles. The van der Waals surface area contributed by atoms with Crippen LogP contribution >= 0.6 is 35.1 Å². The molecule has 0 bridgehead atoms. The van der Waals surface area contributed by atoms with Gasteiger partial charge in [-0.2, -0.15) is 11.8 Å². The fraction of sp³-hybridized carbons (Fsp3) is 0.231. The molecule has 1 aliphatic heterocycles. The third kappa shape index (κ3) is 5.86. The molecule has 0 aliphatic carbocycles. The number of carbonyl (C=O) groups is 2. The number of amides is 1. The van der Waals surface area contributed by atoms with Crippen molar-refractivity contribution in [2.24, 2.45) is 0 Å². The molecular weight excluding hydrogens is 509 g/mol. The highest BCUT2D eigenvalue weighted by Crippen LogP contribution is 2.42. The Kier molecular flexibility index (Phi) is 8.11. The van der Waals surface area contributed by atoms with Gasteiger partial charge < -0.3 is 14.6 Å². The number of carboxylic acids is 1. The molecule has 6 nitrogen and oxygen atoms in total. The number of hydrogen-bond donors (Lipinski definition) is 1. The summed E-state index contributed by atoms with van der Waals surface area (Å²) in [6, 6.07) is 19.6. The molecule has 0 saturated carbocycles. The number of carboxylic acid groups (broad SMARTS) is 1. The zero-order valence-corrected chi connectivity index (χ0v) is 21.1. The second-order valence-corrected chi connectivity index (χ2v) is 9.82. The summed E-state index contributed by atoms with van der Waals surface area (Å²) in [7, 11) is 0. The van der Waals surface area contributed by atoms with E-state index in [0.717, 1.165) is 5.56 Å². The average molecular weight is 532 g/mol. The van der Waals surface area contributed by atoms with E-state index in [1.807, 2.05) is 36.6 Å². The summed E-state index contributed by atoms with van der Waals surface area (Å²) in [5.74, 6) is -0.661. The van der Waals surface area contributed by atoms with Gasteiger partial charge in [-0.15, -0.1) is 0 Å². The van der Waals surface area contributed by atoms with E-state index < -0.39 is 11.9 Å². The van der Waals surface area contributed by atoms with Crippen LogP contribution in [-0.2, 0) is 4.79 Å². The molecule has 1 N–H and O–H groups in total. The summed E-state index contributed by atoms with van der Waals surface area (Å²) in [5.41, 5.74) is 2.05. The number of nitrogens with zero attached hydrogens (tertiary/aromatic N) is 1. The van der Waals surface area contributed by atoms with Crippen LogP contribution in [-0.4, -0.2) is 40.8 Å². The van der Waals surface area contributed by atoms with Crippen molar-refractivity contribution < 1.29 is 24.2 Å². The average Bonchev–Trinajstić information content (AvgIpc) is 2.87. The summed E-state index contributed by atoms with van der Waals surface area (Å²) in [5, 5.41) is 9.76. The Bertz CT molecular complexity index is 1210. The summed E-state index contributed by atoms with van der Waals surface area (Å²) in [6.07, 6.45) is 2.37. The second kappa shape index (κ2) is 11.2. The minimum absolute atomic E-state index is 0.0503. The largest absolute Gasteiger partial charge is 0.493 e. The highest BCUT2D eigenvalue weighted by molar-refractivity contribution is 7.98. The number of thioether (sulfide) groups is 1. The predicted octanol–water partition coefficient (Wildman–Crippen LogP) is 6.78. The standard InChI is InChI=1S/C26H23Cl2NO5S/c1-35-24(16-5-3-2-4-6-16)15-29(28)25(30)17-7-9-18(10-8-17)34-23-14-22-20(13-21(23)27)19(26(31)32)11-12-33-22/h2-10,13-14,19,24H,11-12,15H2,1H3,(H,31,32). The van der Waals surface area contributed by atoms with E-state index >= 15 is 0 Å². The molecule has 0 fully saturated rings. The van der Waals surface area contributed by atoms with Crippen LogP contribution in [0.1, 0.15) is 39.1 Å². The smallest absolute Gasteiger partial charge is 0.311 e. The van der Waals surface area contributed by atoms with E-state index in [-0.39, 0.29) is 16.2 Å². The van der Waals surface area contributed by atoms with E-state index in [4.69, 9.17) is 32.9 Å².